The van der Waals surface area contributed by atoms with E-state index in [1.165, 1.54) is 0 Å². The van der Waals surface area contributed by atoms with Gasteiger partial charge in [0.15, 0.2) is 0 Å². The van der Waals surface area contributed by atoms with E-state index in [-0.39, 0.29) is 11.8 Å². The van der Waals surface area contributed by atoms with E-state index in [4.69, 9.17) is 11.6 Å². The van der Waals surface area contributed by atoms with Crippen LogP contribution in [0.2, 0.25) is 5.02 Å². The Labute approximate surface area is 153 Å². The summed E-state index contributed by atoms with van der Waals surface area (Å²) < 4.78 is 0. The van der Waals surface area contributed by atoms with Crippen LogP contribution in [0.4, 0.5) is 5.69 Å². The topological polar surface area (TPSA) is 40.6 Å². The SMILES string of the molecule is Cc1ccc(N2CCN(C(=O)Cc3ccccc3)[C@H](C)C2=O)cc1Cl. The molecule has 1 fully saturated rings. The van der Waals surface area contributed by atoms with Gasteiger partial charge in [-0.3, -0.25) is 9.59 Å². The molecule has 0 unspecified atom stereocenters. The molecule has 130 valence electrons. The van der Waals surface area contributed by atoms with Crippen LogP contribution in [-0.4, -0.2) is 35.8 Å². The highest BCUT2D eigenvalue weighted by atomic mass is 35.5. The second-order valence-electron chi connectivity index (χ2n) is 6.35. The molecular weight excluding hydrogens is 336 g/mol. The van der Waals surface area contributed by atoms with Gasteiger partial charge >= 0.3 is 0 Å². The van der Waals surface area contributed by atoms with Crippen LogP contribution in [0.1, 0.15) is 18.1 Å². The summed E-state index contributed by atoms with van der Waals surface area (Å²) in [5.74, 6) is -0.0961. The zero-order valence-electron chi connectivity index (χ0n) is 14.4. The van der Waals surface area contributed by atoms with Gasteiger partial charge in [0, 0.05) is 23.8 Å². The smallest absolute Gasteiger partial charge is 0.249 e. The van der Waals surface area contributed by atoms with Gasteiger partial charge in [-0.15, -0.1) is 0 Å². The molecular formula is C20H21ClN2O2. The quantitative estimate of drug-likeness (QED) is 0.845. The van der Waals surface area contributed by atoms with Crippen molar-refractivity contribution >= 4 is 29.1 Å². The highest BCUT2D eigenvalue weighted by Gasteiger charge is 2.34. The average Bonchev–Trinajstić information content (AvgIpc) is 2.60. The molecule has 1 heterocycles. The minimum Gasteiger partial charge on any atom is -0.329 e. The van der Waals surface area contributed by atoms with E-state index in [2.05, 4.69) is 0 Å². The lowest BCUT2D eigenvalue weighted by Crippen LogP contribution is -2.58. The van der Waals surface area contributed by atoms with Crippen LogP contribution in [0.15, 0.2) is 48.5 Å². The van der Waals surface area contributed by atoms with Gasteiger partial charge in [0.05, 0.1) is 6.42 Å². The molecule has 0 bridgehead atoms. The number of rotatable bonds is 3. The predicted molar refractivity (Wildman–Crippen MR) is 99.9 cm³/mol. The number of anilines is 1. The van der Waals surface area contributed by atoms with E-state index in [0.717, 1.165) is 16.8 Å². The summed E-state index contributed by atoms with van der Waals surface area (Å²) in [6.07, 6.45) is 0.314. The monoisotopic (exact) mass is 356 g/mol. The molecule has 2 aromatic rings. The van der Waals surface area contributed by atoms with Crippen LogP contribution in [0.3, 0.4) is 0 Å². The number of nitrogens with zero attached hydrogens (tertiary/aromatic N) is 2. The largest absolute Gasteiger partial charge is 0.329 e. The molecule has 0 N–H and O–H groups in total. The van der Waals surface area contributed by atoms with Gasteiger partial charge in [-0.25, -0.2) is 0 Å². The second kappa shape index (κ2) is 7.28. The number of carbonyl (C=O) groups excluding carboxylic acids is 2. The summed E-state index contributed by atoms with van der Waals surface area (Å²) in [4.78, 5) is 28.8. The minimum absolute atomic E-state index is 0.0198. The lowest BCUT2D eigenvalue weighted by atomic mass is 10.1. The number of hydrogen-bond acceptors (Lipinski definition) is 2. The molecule has 1 aliphatic heterocycles. The standard InChI is InChI=1S/C20H21ClN2O2/c1-14-8-9-17(13-18(14)21)23-11-10-22(15(2)20(23)25)19(24)12-16-6-4-3-5-7-16/h3-9,13,15H,10-12H2,1-2H3/t15-/m1/s1. The van der Waals surface area contributed by atoms with Gasteiger partial charge in [-0.2, -0.15) is 0 Å². The molecule has 2 aromatic carbocycles. The Morgan fingerprint density at radius 3 is 2.56 bits per heavy atom. The van der Waals surface area contributed by atoms with Crippen LogP contribution in [0.5, 0.6) is 0 Å². The number of hydrogen-bond donors (Lipinski definition) is 0. The van der Waals surface area contributed by atoms with Crippen molar-refractivity contribution in [1.29, 1.82) is 0 Å². The number of aryl methyl sites for hydroxylation is 1. The van der Waals surface area contributed by atoms with Crippen LogP contribution in [-0.2, 0) is 16.0 Å². The van der Waals surface area contributed by atoms with E-state index in [1.54, 1.807) is 16.7 Å². The molecule has 0 aliphatic carbocycles. The van der Waals surface area contributed by atoms with E-state index in [0.29, 0.717) is 24.5 Å². The van der Waals surface area contributed by atoms with E-state index < -0.39 is 6.04 Å². The Hall–Kier alpha value is -2.33. The maximum atomic E-state index is 12.8. The Morgan fingerprint density at radius 1 is 1.16 bits per heavy atom. The van der Waals surface area contributed by atoms with E-state index in [1.807, 2.05) is 55.5 Å². The van der Waals surface area contributed by atoms with Crippen molar-refractivity contribution in [1.82, 2.24) is 4.90 Å². The highest BCUT2D eigenvalue weighted by Crippen LogP contribution is 2.26. The predicted octanol–water partition coefficient (Wildman–Crippen LogP) is 3.45. The van der Waals surface area contributed by atoms with Crippen molar-refractivity contribution < 1.29 is 9.59 Å². The van der Waals surface area contributed by atoms with Gasteiger partial charge in [-0.1, -0.05) is 48.0 Å². The van der Waals surface area contributed by atoms with Crippen LogP contribution in [0, 0.1) is 6.92 Å². The van der Waals surface area contributed by atoms with Crippen molar-refractivity contribution in [2.75, 3.05) is 18.0 Å². The first-order valence-corrected chi connectivity index (χ1v) is 8.76. The van der Waals surface area contributed by atoms with Crippen molar-refractivity contribution in [3.63, 3.8) is 0 Å². The van der Waals surface area contributed by atoms with Gasteiger partial charge in [0.25, 0.3) is 0 Å². The molecule has 0 radical (unpaired) electrons. The Morgan fingerprint density at radius 2 is 1.88 bits per heavy atom. The van der Waals surface area contributed by atoms with Crippen molar-refractivity contribution in [3.8, 4) is 0 Å². The molecule has 2 amide bonds. The third-order valence-electron chi connectivity index (χ3n) is 4.64. The minimum atomic E-state index is -0.481. The summed E-state index contributed by atoms with van der Waals surface area (Å²) in [6.45, 7) is 4.71. The van der Waals surface area contributed by atoms with Crippen molar-refractivity contribution in [2.45, 2.75) is 26.3 Å². The molecule has 25 heavy (non-hydrogen) atoms. The molecule has 0 saturated carbocycles. The maximum absolute atomic E-state index is 12.8. The Bertz CT molecular complexity index is 792. The van der Waals surface area contributed by atoms with Crippen LogP contribution < -0.4 is 4.90 Å². The second-order valence-corrected chi connectivity index (χ2v) is 6.76. The highest BCUT2D eigenvalue weighted by molar-refractivity contribution is 6.31. The number of piperazine rings is 1. The summed E-state index contributed by atoms with van der Waals surface area (Å²) in [7, 11) is 0. The van der Waals surface area contributed by atoms with E-state index in [9.17, 15) is 9.59 Å². The van der Waals surface area contributed by atoms with Crippen LogP contribution in [0.25, 0.3) is 0 Å². The lowest BCUT2D eigenvalue weighted by molar-refractivity contribution is -0.140. The van der Waals surface area contributed by atoms with Crippen LogP contribution >= 0.6 is 11.6 Å². The Balaban J connectivity index is 1.72. The molecule has 5 heteroatoms. The molecule has 3 rings (SSSR count). The molecule has 1 aliphatic rings. The summed E-state index contributed by atoms with van der Waals surface area (Å²) in [5, 5.41) is 0.639. The zero-order valence-corrected chi connectivity index (χ0v) is 15.2. The summed E-state index contributed by atoms with van der Waals surface area (Å²) in [5.41, 5.74) is 2.71. The van der Waals surface area contributed by atoms with Gasteiger partial charge in [-0.05, 0) is 37.1 Å². The fraction of sp³-hybridized carbons (Fsp3) is 0.300. The van der Waals surface area contributed by atoms with Gasteiger partial charge < -0.3 is 9.80 Å². The first-order chi connectivity index (χ1) is 12.0. The lowest BCUT2D eigenvalue weighted by Gasteiger charge is -2.39. The van der Waals surface area contributed by atoms with Crippen molar-refractivity contribution in [2.24, 2.45) is 0 Å². The molecule has 1 saturated heterocycles. The third-order valence-corrected chi connectivity index (χ3v) is 5.05. The first-order valence-electron chi connectivity index (χ1n) is 8.38. The average molecular weight is 357 g/mol. The van der Waals surface area contributed by atoms with E-state index >= 15 is 0 Å². The molecule has 1 atom stereocenters. The fourth-order valence-electron chi connectivity index (χ4n) is 3.09. The molecule has 0 spiro atoms. The van der Waals surface area contributed by atoms with Crippen molar-refractivity contribution in [3.05, 3.63) is 64.7 Å². The normalized spacial score (nSPS) is 17.7. The zero-order chi connectivity index (χ0) is 18.0. The van der Waals surface area contributed by atoms with Gasteiger partial charge in [0.1, 0.15) is 6.04 Å². The molecule has 0 aromatic heterocycles. The number of carbonyl (C=O) groups is 2. The summed E-state index contributed by atoms with van der Waals surface area (Å²) >= 11 is 6.18. The Kier molecular flexibility index (Phi) is 5.09. The maximum Gasteiger partial charge on any atom is 0.249 e. The first kappa shape index (κ1) is 17.5. The fourth-order valence-corrected chi connectivity index (χ4v) is 3.26. The van der Waals surface area contributed by atoms with Gasteiger partial charge in [0.2, 0.25) is 11.8 Å². The third kappa shape index (κ3) is 3.69. The molecule has 4 nitrogen and oxygen atoms in total. The summed E-state index contributed by atoms with van der Waals surface area (Å²) in [6, 6.07) is 14.7. The number of benzene rings is 2. The number of halogens is 1. The number of amides is 2.